The van der Waals surface area contributed by atoms with Gasteiger partial charge in [-0.05, 0) is 24.3 Å². The Morgan fingerprint density at radius 1 is 1.22 bits per heavy atom. The van der Waals surface area contributed by atoms with Crippen molar-refractivity contribution in [1.82, 2.24) is 5.32 Å². The van der Waals surface area contributed by atoms with Crippen molar-refractivity contribution in [1.29, 1.82) is 0 Å². The molecule has 0 aromatic heterocycles. The lowest BCUT2D eigenvalue weighted by molar-refractivity contribution is 0.144. The van der Waals surface area contributed by atoms with Gasteiger partial charge in [0, 0.05) is 31.5 Å². The molecule has 100 valence electrons. The second-order valence-corrected chi connectivity index (χ2v) is 3.61. The molecule has 6 nitrogen and oxygen atoms in total. The summed E-state index contributed by atoms with van der Waals surface area (Å²) < 4.78 is 5.14. The number of urea groups is 1. The quantitative estimate of drug-likeness (QED) is 0.541. The number of nitrogens with two attached hydrogens (primary N) is 1. The van der Waals surface area contributed by atoms with Crippen LogP contribution in [0.4, 0.5) is 16.2 Å². The Morgan fingerprint density at radius 3 is 2.50 bits per heavy atom. The van der Waals surface area contributed by atoms with E-state index < -0.39 is 0 Å². The maximum absolute atomic E-state index is 11.5. The SMILES string of the molecule is CNc1ccc(NC(=O)NCCOCCN)cc1. The number of carbonyl (C=O) groups excluding carboxylic acids is 1. The number of amides is 2. The summed E-state index contributed by atoms with van der Waals surface area (Å²) in [6.45, 7) is 1.92. The van der Waals surface area contributed by atoms with Crippen molar-refractivity contribution in [2.45, 2.75) is 0 Å². The van der Waals surface area contributed by atoms with Crippen LogP contribution in [0, 0.1) is 0 Å². The first kappa shape index (κ1) is 14.3. The van der Waals surface area contributed by atoms with Gasteiger partial charge in [0.25, 0.3) is 0 Å². The number of rotatable bonds is 7. The zero-order valence-electron chi connectivity index (χ0n) is 10.5. The van der Waals surface area contributed by atoms with Gasteiger partial charge in [0.2, 0.25) is 0 Å². The van der Waals surface area contributed by atoms with Crippen LogP contribution in [0.25, 0.3) is 0 Å². The molecule has 0 unspecified atom stereocenters. The highest BCUT2D eigenvalue weighted by molar-refractivity contribution is 5.89. The van der Waals surface area contributed by atoms with Gasteiger partial charge < -0.3 is 26.4 Å². The molecule has 0 aliphatic heterocycles. The van der Waals surface area contributed by atoms with Crippen LogP contribution in [0.1, 0.15) is 0 Å². The van der Waals surface area contributed by atoms with Crippen LogP contribution in [-0.4, -0.2) is 39.4 Å². The van der Waals surface area contributed by atoms with Crippen molar-refractivity contribution in [2.24, 2.45) is 5.73 Å². The van der Waals surface area contributed by atoms with Crippen molar-refractivity contribution >= 4 is 17.4 Å². The third-order valence-electron chi connectivity index (χ3n) is 2.23. The van der Waals surface area contributed by atoms with Crippen molar-refractivity contribution in [3.05, 3.63) is 24.3 Å². The first-order valence-electron chi connectivity index (χ1n) is 5.86. The third kappa shape index (κ3) is 5.51. The van der Waals surface area contributed by atoms with Gasteiger partial charge in [-0.15, -0.1) is 0 Å². The van der Waals surface area contributed by atoms with E-state index in [0.717, 1.165) is 11.4 Å². The Morgan fingerprint density at radius 2 is 1.89 bits per heavy atom. The molecule has 0 radical (unpaired) electrons. The smallest absolute Gasteiger partial charge is 0.319 e. The minimum Gasteiger partial charge on any atom is -0.388 e. The monoisotopic (exact) mass is 252 g/mol. The lowest BCUT2D eigenvalue weighted by Gasteiger charge is -2.08. The van der Waals surface area contributed by atoms with Gasteiger partial charge in [0.15, 0.2) is 0 Å². The molecule has 0 fully saturated rings. The van der Waals surface area contributed by atoms with Gasteiger partial charge in [-0.25, -0.2) is 4.79 Å². The second kappa shape index (κ2) is 8.32. The summed E-state index contributed by atoms with van der Waals surface area (Å²) in [4.78, 5) is 11.5. The number of nitrogens with one attached hydrogen (secondary N) is 3. The largest absolute Gasteiger partial charge is 0.388 e. The van der Waals surface area contributed by atoms with E-state index in [1.165, 1.54) is 0 Å². The fourth-order valence-corrected chi connectivity index (χ4v) is 1.32. The van der Waals surface area contributed by atoms with Crippen LogP contribution in [0.15, 0.2) is 24.3 Å². The van der Waals surface area contributed by atoms with Crippen LogP contribution in [0.2, 0.25) is 0 Å². The normalized spacial score (nSPS) is 9.89. The van der Waals surface area contributed by atoms with Crippen LogP contribution >= 0.6 is 0 Å². The highest BCUT2D eigenvalue weighted by Crippen LogP contribution is 2.12. The van der Waals surface area contributed by atoms with E-state index >= 15 is 0 Å². The average molecular weight is 252 g/mol. The molecule has 0 atom stereocenters. The molecule has 5 N–H and O–H groups in total. The molecule has 6 heteroatoms. The Balaban J connectivity index is 2.22. The first-order valence-corrected chi connectivity index (χ1v) is 5.86. The zero-order chi connectivity index (χ0) is 13.2. The molecule has 1 aromatic rings. The summed E-state index contributed by atoms with van der Waals surface area (Å²) in [5, 5.41) is 8.42. The molecule has 0 spiro atoms. The topological polar surface area (TPSA) is 88.4 Å². The molecule has 0 heterocycles. The molecule has 18 heavy (non-hydrogen) atoms. The van der Waals surface area contributed by atoms with Gasteiger partial charge in [0.05, 0.1) is 13.2 Å². The molecule has 0 aliphatic carbocycles. The maximum Gasteiger partial charge on any atom is 0.319 e. The van der Waals surface area contributed by atoms with Crippen molar-refractivity contribution in [2.75, 3.05) is 44.0 Å². The standard InChI is InChI=1S/C12H20N4O2/c1-14-10-2-4-11(5-3-10)16-12(17)15-7-9-18-8-6-13/h2-5,14H,6-9,13H2,1H3,(H2,15,16,17). The van der Waals surface area contributed by atoms with Gasteiger partial charge in [-0.2, -0.15) is 0 Å². The van der Waals surface area contributed by atoms with E-state index in [0.29, 0.717) is 26.3 Å². The first-order chi connectivity index (χ1) is 8.76. The summed E-state index contributed by atoms with van der Waals surface area (Å²) in [6, 6.07) is 7.19. The predicted molar refractivity (Wildman–Crippen MR) is 72.9 cm³/mol. The van der Waals surface area contributed by atoms with E-state index in [1.54, 1.807) is 0 Å². The molecule has 2 amide bonds. The number of hydrogen-bond donors (Lipinski definition) is 4. The number of carbonyl (C=O) groups is 1. The Kier molecular flexibility index (Phi) is 6.60. The summed E-state index contributed by atoms with van der Waals surface area (Å²) in [6.07, 6.45) is 0. The molecule has 0 bridgehead atoms. The molecule has 0 aliphatic rings. The van der Waals surface area contributed by atoms with Crippen molar-refractivity contribution in [3.63, 3.8) is 0 Å². The fraction of sp³-hybridized carbons (Fsp3) is 0.417. The third-order valence-corrected chi connectivity index (χ3v) is 2.23. The minimum absolute atomic E-state index is 0.247. The minimum atomic E-state index is -0.247. The maximum atomic E-state index is 11.5. The molecule has 0 saturated carbocycles. The molecule has 0 saturated heterocycles. The highest BCUT2D eigenvalue weighted by Gasteiger charge is 2.00. The predicted octanol–water partition coefficient (Wildman–Crippen LogP) is 0.825. The van der Waals surface area contributed by atoms with E-state index in [2.05, 4.69) is 16.0 Å². The average Bonchev–Trinajstić information content (AvgIpc) is 2.39. The summed E-state index contributed by atoms with van der Waals surface area (Å²) in [5.41, 5.74) is 7.01. The molecule has 1 rings (SSSR count). The van der Waals surface area contributed by atoms with E-state index in [4.69, 9.17) is 10.5 Å². The summed E-state index contributed by atoms with van der Waals surface area (Å²) in [5.74, 6) is 0. The van der Waals surface area contributed by atoms with Gasteiger partial charge in [0.1, 0.15) is 0 Å². The van der Waals surface area contributed by atoms with E-state index in [-0.39, 0.29) is 6.03 Å². The molecular formula is C12H20N4O2. The Hall–Kier alpha value is -1.79. The van der Waals surface area contributed by atoms with Crippen molar-refractivity contribution < 1.29 is 9.53 Å². The van der Waals surface area contributed by atoms with Crippen molar-refractivity contribution in [3.8, 4) is 0 Å². The number of ether oxygens (including phenoxy) is 1. The zero-order valence-corrected chi connectivity index (χ0v) is 10.5. The van der Waals surface area contributed by atoms with Crippen LogP contribution < -0.4 is 21.7 Å². The lowest BCUT2D eigenvalue weighted by atomic mass is 10.3. The fourth-order valence-electron chi connectivity index (χ4n) is 1.32. The number of anilines is 2. The Labute approximate surface area is 107 Å². The summed E-state index contributed by atoms with van der Waals surface area (Å²) in [7, 11) is 1.84. The molecule has 1 aromatic carbocycles. The van der Waals surface area contributed by atoms with Gasteiger partial charge >= 0.3 is 6.03 Å². The van der Waals surface area contributed by atoms with Crippen LogP contribution in [-0.2, 0) is 4.74 Å². The second-order valence-electron chi connectivity index (χ2n) is 3.61. The lowest BCUT2D eigenvalue weighted by Crippen LogP contribution is -2.31. The molecular weight excluding hydrogens is 232 g/mol. The number of benzene rings is 1. The van der Waals surface area contributed by atoms with Gasteiger partial charge in [-0.3, -0.25) is 0 Å². The van der Waals surface area contributed by atoms with Crippen LogP contribution in [0.3, 0.4) is 0 Å². The highest BCUT2D eigenvalue weighted by atomic mass is 16.5. The summed E-state index contributed by atoms with van der Waals surface area (Å²) >= 11 is 0. The van der Waals surface area contributed by atoms with E-state index in [1.807, 2.05) is 31.3 Å². The van der Waals surface area contributed by atoms with Crippen LogP contribution in [0.5, 0.6) is 0 Å². The number of hydrogen-bond acceptors (Lipinski definition) is 4. The van der Waals surface area contributed by atoms with Gasteiger partial charge in [-0.1, -0.05) is 0 Å². The Bertz CT molecular complexity index is 354. The van der Waals surface area contributed by atoms with E-state index in [9.17, 15) is 4.79 Å².